The van der Waals surface area contributed by atoms with Crippen LogP contribution in [-0.2, 0) is 4.74 Å². The molecule has 0 bridgehead atoms. The zero-order valence-corrected chi connectivity index (χ0v) is 23.2. The summed E-state index contributed by atoms with van der Waals surface area (Å²) < 4.78 is 11.3. The lowest BCUT2D eigenvalue weighted by atomic mass is 10.1. The number of nitro benzene ring substituents is 1. The first-order chi connectivity index (χ1) is 18.9. The van der Waals surface area contributed by atoms with Crippen LogP contribution in [0.4, 0.5) is 29.2 Å². The van der Waals surface area contributed by atoms with Gasteiger partial charge >= 0.3 is 0 Å². The lowest BCUT2D eigenvalue weighted by Gasteiger charge is -2.27. The second-order valence-electron chi connectivity index (χ2n) is 8.82. The van der Waals surface area contributed by atoms with Crippen molar-refractivity contribution in [3.05, 3.63) is 80.6 Å². The Balaban J connectivity index is 0.00000370. The van der Waals surface area contributed by atoms with Gasteiger partial charge in [0.15, 0.2) is 0 Å². The van der Waals surface area contributed by atoms with Crippen molar-refractivity contribution in [1.82, 2.24) is 15.0 Å². The first-order valence-corrected chi connectivity index (χ1v) is 12.5. The lowest BCUT2D eigenvalue weighted by Crippen LogP contribution is -2.37. The molecule has 3 heterocycles. The highest BCUT2D eigenvalue weighted by Gasteiger charge is 2.17. The van der Waals surface area contributed by atoms with E-state index in [0.717, 1.165) is 16.8 Å². The van der Waals surface area contributed by atoms with Crippen LogP contribution in [-0.4, -0.2) is 52.4 Å². The molecule has 12 nitrogen and oxygen atoms in total. The van der Waals surface area contributed by atoms with Gasteiger partial charge in [-0.2, -0.15) is 20.1 Å². The Morgan fingerprint density at radius 3 is 2.58 bits per heavy atom. The molecule has 0 atom stereocenters. The predicted octanol–water partition coefficient (Wildman–Crippen LogP) is 5.76. The zero-order valence-electron chi connectivity index (χ0n) is 21.6. The van der Waals surface area contributed by atoms with E-state index < -0.39 is 4.92 Å². The third-order valence-electron chi connectivity index (χ3n) is 5.97. The molecule has 0 unspecified atom stereocenters. The number of morpholine rings is 1. The number of hydrazone groups is 1. The topological polar surface area (TPSA) is 144 Å². The maximum Gasteiger partial charge on any atom is 0.270 e. The minimum Gasteiger partial charge on any atom is -0.455 e. The van der Waals surface area contributed by atoms with Crippen LogP contribution in [0.3, 0.4) is 0 Å². The molecule has 2 N–H and O–H groups in total. The molecule has 0 saturated carbocycles. The molecule has 2 aromatic carbocycles. The number of aromatic nitrogens is 3. The number of benzene rings is 2. The van der Waals surface area contributed by atoms with Crippen molar-refractivity contribution >= 4 is 59.4 Å². The van der Waals surface area contributed by atoms with Crippen molar-refractivity contribution in [2.75, 3.05) is 41.9 Å². The number of nitrogens with one attached hydrogen (secondary N) is 2. The number of nitrogens with zero attached hydrogens (tertiary/aromatic N) is 6. The Labute approximate surface area is 241 Å². The predicted molar refractivity (Wildman–Crippen MR) is 156 cm³/mol. The summed E-state index contributed by atoms with van der Waals surface area (Å²) in [7, 11) is 0. The van der Waals surface area contributed by atoms with Crippen LogP contribution >= 0.6 is 24.0 Å². The average molecular weight is 585 g/mol. The van der Waals surface area contributed by atoms with Gasteiger partial charge in [-0.1, -0.05) is 23.7 Å². The molecular weight excluding hydrogens is 559 g/mol. The summed E-state index contributed by atoms with van der Waals surface area (Å²) in [5.41, 5.74) is 6.36. The maximum absolute atomic E-state index is 11.0. The maximum atomic E-state index is 11.0. The molecule has 0 radical (unpaired) electrons. The Kier molecular flexibility index (Phi) is 9.15. The molecule has 2 aromatic heterocycles. The van der Waals surface area contributed by atoms with Gasteiger partial charge in [0.2, 0.25) is 17.8 Å². The summed E-state index contributed by atoms with van der Waals surface area (Å²) >= 11 is 6.22. The molecule has 208 valence electrons. The SMILES string of the molecule is Cc1ccc(C)c(Nc2nc(N/N=C\c3ccc(-c4ccc([N+](=O)[O-])cc4Cl)o3)nc(N3CCOCC3)n2)c1.Cl. The molecule has 4 aromatic rings. The molecule has 1 aliphatic rings. The van der Waals surface area contributed by atoms with Crippen molar-refractivity contribution < 1.29 is 14.1 Å². The van der Waals surface area contributed by atoms with Gasteiger partial charge in [0.05, 0.1) is 29.4 Å². The van der Waals surface area contributed by atoms with E-state index in [4.69, 9.17) is 20.8 Å². The van der Waals surface area contributed by atoms with E-state index in [2.05, 4.69) is 30.8 Å². The fourth-order valence-corrected chi connectivity index (χ4v) is 4.17. The second-order valence-corrected chi connectivity index (χ2v) is 9.23. The molecule has 1 fully saturated rings. The van der Waals surface area contributed by atoms with Crippen LogP contribution in [0.2, 0.25) is 5.02 Å². The van der Waals surface area contributed by atoms with Crippen molar-refractivity contribution in [1.29, 1.82) is 0 Å². The number of aryl methyl sites for hydroxylation is 2. The number of nitro groups is 1. The summed E-state index contributed by atoms with van der Waals surface area (Å²) in [4.78, 5) is 26.1. The summed E-state index contributed by atoms with van der Waals surface area (Å²) in [5, 5.41) is 18.7. The molecule has 14 heteroatoms. The molecule has 40 heavy (non-hydrogen) atoms. The normalized spacial score (nSPS) is 13.2. The Bertz CT molecular complexity index is 1540. The van der Waals surface area contributed by atoms with E-state index in [1.165, 1.54) is 18.3 Å². The number of furan rings is 1. The number of halogens is 2. The van der Waals surface area contributed by atoms with E-state index in [1.807, 2.05) is 36.9 Å². The molecule has 0 amide bonds. The van der Waals surface area contributed by atoms with E-state index >= 15 is 0 Å². The molecule has 1 aliphatic heterocycles. The van der Waals surface area contributed by atoms with Crippen molar-refractivity contribution in [3.8, 4) is 11.3 Å². The van der Waals surface area contributed by atoms with Crippen LogP contribution in [0.15, 0.2) is 58.0 Å². The van der Waals surface area contributed by atoms with E-state index in [-0.39, 0.29) is 29.1 Å². The Morgan fingerprint density at radius 2 is 1.82 bits per heavy atom. The number of anilines is 4. The number of non-ortho nitro benzene ring substituents is 1. The Morgan fingerprint density at radius 1 is 1.05 bits per heavy atom. The number of ether oxygens (including phenoxy) is 1. The summed E-state index contributed by atoms with van der Waals surface area (Å²) in [6, 6.07) is 13.7. The van der Waals surface area contributed by atoms with Crippen LogP contribution in [0.1, 0.15) is 16.9 Å². The quantitative estimate of drug-likeness (QED) is 0.149. The van der Waals surface area contributed by atoms with E-state index in [0.29, 0.717) is 55.3 Å². The highest BCUT2D eigenvalue weighted by molar-refractivity contribution is 6.33. The van der Waals surface area contributed by atoms with E-state index in [9.17, 15) is 10.1 Å². The van der Waals surface area contributed by atoms with Crippen molar-refractivity contribution in [2.45, 2.75) is 13.8 Å². The van der Waals surface area contributed by atoms with Gasteiger partial charge < -0.3 is 19.4 Å². The minimum atomic E-state index is -0.504. The monoisotopic (exact) mass is 584 g/mol. The van der Waals surface area contributed by atoms with Gasteiger partial charge in [-0.3, -0.25) is 10.1 Å². The summed E-state index contributed by atoms with van der Waals surface area (Å²) in [5.74, 6) is 2.02. The third kappa shape index (κ3) is 6.84. The standard InChI is InChI=1S/C26H25ClN8O4.ClH/c1-16-3-4-17(2)22(13-16)29-24-30-25(32-26(31-24)34-9-11-38-12-10-34)33-28-15-19-6-8-23(39-19)20-7-5-18(35(36)37)14-21(20)27;/h3-8,13-15H,9-12H2,1-2H3,(H2,29,30,31,32,33);1H/b28-15-;. The Hall–Kier alpha value is -4.26. The fraction of sp³-hybridized carbons (Fsp3) is 0.231. The summed E-state index contributed by atoms with van der Waals surface area (Å²) in [6.07, 6.45) is 1.47. The number of rotatable bonds is 8. The fourth-order valence-electron chi connectivity index (χ4n) is 3.90. The molecule has 0 spiro atoms. The van der Waals surface area contributed by atoms with Crippen molar-refractivity contribution in [2.24, 2.45) is 5.10 Å². The van der Waals surface area contributed by atoms with Gasteiger partial charge in [0.25, 0.3) is 5.69 Å². The first kappa shape index (κ1) is 28.7. The van der Waals surface area contributed by atoms with Gasteiger partial charge in [0, 0.05) is 36.5 Å². The number of hydrogen-bond donors (Lipinski definition) is 2. The molecule has 0 aliphatic carbocycles. The second kappa shape index (κ2) is 12.7. The van der Waals surface area contributed by atoms with E-state index in [1.54, 1.807) is 18.2 Å². The molecule has 5 rings (SSSR count). The minimum absolute atomic E-state index is 0. The van der Waals surface area contributed by atoms with Gasteiger partial charge in [0.1, 0.15) is 11.5 Å². The zero-order chi connectivity index (χ0) is 27.4. The van der Waals surface area contributed by atoms with Gasteiger partial charge in [-0.25, -0.2) is 5.43 Å². The first-order valence-electron chi connectivity index (χ1n) is 12.1. The van der Waals surface area contributed by atoms with Crippen LogP contribution in [0.5, 0.6) is 0 Å². The summed E-state index contributed by atoms with van der Waals surface area (Å²) in [6.45, 7) is 6.54. The lowest BCUT2D eigenvalue weighted by molar-refractivity contribution is -0.384. The van der Waals surface area contributed by atoms with Crippen molar-refractivity contribution in [3.63, 3.8) is 0 Å². The van der Waals surface area contributed by atoms with Crippen LogP contribution in [0.25, 0.3) is 11.3 Å². The van der Waals surface area contributed by atoms with Crippen LogP contribution in [0, 0.1) is 24.0 Å². The molecular formula is C26H26Cl2N8O4. The van der Waals surface area contributed by atoms with Gasteiger partial charge in [-0.15, -0.1) is 12.4 Å². The highest BCUT2D eigenvalue weighted by atomic mass is 35.5. The number of hydrogen-bond acceptors (Lipinski definition) is 11. The van der Waals surface area contributed by atoms with Crippen LogP contribution < -0.4 is 15.6 Å². The largest absolute Gasteiger partial charge is 0.455 e. The van der Waals surface area contributed by atoms with Gasteiger partial charge in [-0.05, 0) is 49.2 Å². The average Bonchev–Trinajstić information content (AvgIpc) is 3.39. The molecule has 1 saturated heterocycles. The smallest absolute Gasteiger partial charge is 0.270 e. The third-order valence-corrected chi connectivity index (χ3v) is 6.28. The highest BCUT2D eigenvalue weighted by Crippen LogP contribution is 2.32.